The minimum Gasteiger partial charge on any atom is -0.340 e. The molecule has 2 aliphatic heterocycles. The standard InChI is InChI=1S/C25H31F3N4S/c1-2-10-29-11-14-31-17-15-30(16-18-31)12-5-13-32-21-6-3-4-7-23(21)33-24-9-8-20(19-22(24)32)25(26,27)28/h2-4,6-9,19,29H,1,5,10-18H2. The molecular formula is C25H31F3N4S. The summed E-state index contributed by atoms with van der Waals surface area (Å²) in [4.78, 5) is 8.96. The lowest BCUT2D eigenvalue weighted by Gasteiger charge is -2.36. The lowest BCUT2D eigenvalue weighted by atomic mass is 10.1. The molecule has 2 aliphatic rings. The zero-order valence-corrected chi connectivity index (χ0v) is 19.6. The molecule has 4 rings (SSSR count). The summed E-state index contributed by atoms with van der Waals surface area (Å²) in [6.07, 6.45) is -1.57. The van der Waals surface area contributed by atoms with E-state index in [0.717, 1.165) is 74.3 Å². The fraction of sp³-hybridized carbons (Fsp3) is 0.440. The fourth-order valence-corrected chi connectivity index (χ4v) is 5.45. The van der Waals surface area contributed by atoms with Gasteiger partial charge in [-0.05, 0) is 43.3 Å². The Bertz CT molecular complexity index is 941. The first kappa shape index (κ1) is 24.1. The van der Waals surface area contributed by atoms with Gasteiger partial charge < -0.3 is 15.1 Å². The third-order valence-electron chi connectivity index (χ3n) is 6.17. The molecule has 1 saturated heterocycles. The molecule has 0 atom stereocenters. The number of hydrogen-bond donors (Lipinski definition) is 1. The van der Waals surface area contributed by atoms with Crippen LogP contribution >= 0.6 is 11.8 Å². The van der Waals surface area contributed by atoms with Crippen LogP contribution in [0.25, 0.3) is 0 Å². The van der Waals surface area contributed by atoms with Crippen LogP contribution in [0.2, 0.25) is 0 Å². The largest absolute Gasteiger partial charge is 0.416 e. The summed E-state index contributed by atoms with van der Waals surface area (Å²) in [7, 11) is 0. The van der Waals surface area contributed by atoms with E-state index < -0.39 is 11.7 Å². The summed E-state index contributed by atoms with van der Waals surface area (Å²) in [6, 6.07) is 12.1. The Hall–Kier alpha value is -2.00. The minimum absolute atomic E-state index is 0.593. The predicted molar refractivity (Wildman–Crippen MR) is 130 cm³/mol. The van der Waals surface area contributed by atoms with E-state index in [4.69, 9.17) is 0 Å². The maximum absolute atomic E-state index is 13.4. The number of anilines is 2. The van der Waals surface area contributed by atoms with Gasteiger partial charge in [-0.1, -0.05) is 30.0 Å². The van der Waals surface area contributed by atoms with E-state index >= 15 is 0 Å². The van der Waals surface area contributed by atoms with Crippen molar-refractivity contribution in [2.75, 3.05) is 63.8 Å². The van der Waals surface area contributed by atoms with Crippen LogP contribution in [0, 0.1) is 0 Å². The van der Waals surface area contributed by atoms with Crippen LogP contribution in [-0.2, 0) is 6.18 Å². The Kier molecular flexibility index (Phi) is 8.01. The predicted octanol–water partition coefficient (Wildman–Crippen LogP) is 5.09. The molecule has 1 fully saturated rings. The Morgan fingerprint density at radius 3 is 2.33 bits per heavy atom. The minimum atomic E-state index is -4.34. The normalized spacial score (nSPS) is 17.0. The van der Waals surface area contributed by atoms with Crippen molar-refractivity contribution < 1.29 is 13.2 Å². The second kappa shape index (κ2) is 11.0. The van der Waals surface area contributed by atoms with Gasteiger partial charge in [0, 0.05) is 62.1 Å². The van der Waals surface area contributed by atoms with Crippen molar-refractivity contribution in [1.82, 2.24) is 15.1 Å². The SMILES string of the molecule is C=CCNCCN1CCN(CCCN2c3ccccc3Sc3ccc(C(F)(F)F)cc32)CC1. The summed E-state index contributed by atoms with van der Waals surface area (Å²) >= 11 is 1.54. The number of fused-ring (bicyclic) bond motifs is 2. The lowest BCUT2D eigenvalue weighted by Crippen LogP contribution is -2.48. The highest BCUT2D eigenvalue weighted by Gasteiger charge is 2.33. The number of para-hydroxylation sites is 1. The molecule has 0 bridgehead atoms. The van der Waals surface area contributed by atoms with Gasteiger partial charge in [-0.3, -0.25) is 4.90 Å². The number of nitrogens with one attached hydrogen (secondary N) is 1. The van der Waals surface area contributed by atoms with E-state index in [-0.39, 0.29) is 0 Å². The Morgan fingerprint density at radius 2 is 1.61 bits per heavy atom. The molecule has 0 radical (unpaired) electrons. The van der Waals surface area contributed by atoms with Crippen LogP contribution in [0.3, 0.4) is 0 Å². The summed E-state index contributed by atoms with van der Waals surface area (Å²) in [6.45, 7) is 12.4. The zero-order valence-electron chi connectivity index (χ0n) is 18.8. The lowest BCUT2D eigenvalue weighted by molar-refractivity contribution is -0.137. The number of piperazine rings is 1. The summed E-state index contributed by atoms with van der Waals surface area (Å²) < 4.78 is 40.1. The first-order valence-electron chi connectivity index (χ1n) is 11.5. The second-order valence-corrected chi connectivity index (χ2v) is 9.52. The number of hydrogen-bond acceptors (Lipinski definition) is 5. The highest BCUT2D eigenvalue weighted by molar-refractivity contribution is 7.99. The van der Waals surface area contributed by atoms with Crippen LogP contribution < -0.4 is 10.2 Å². The monoisotopic (exact) mass is 476 g/mol. The summed E-state index contributed by atoms with van der Waals surface area (Å²) in [5, 5.41) is 3.34. The maximum atomic E-state index is 13.4. The van der Waals surface area contributed by atoms with Gasteiger partial charge >= 0.3 is 6.18 Å². The molecule has 0 aromatic heterocycles. The van der Waals surface area contributed by atoms with Gasteiger partial charge in [0.15, 0.2) is 0 Å². The molecule has 2 aromatic rings. The van der Waals surface area contributed by atoms with Gasteiger partial charge in [0.05, 0.1) is 16.9 Å². The first-order chi connectivity index (χ1) is 16.0. The highest BCUT2D eigenvalue weighted by Crippen LogP contribution is 2.49. The van der Waals surface area contributed by atoms with Crippen LogP contribution in [0.5, 0.6) is 0 Å². The van der Waals surface area contributed by atoms with Crippen molar-refractivity contribution in [3.63, 3.8) is 0 Å². The van der Waals surface area contributed by atoms with E-state index in [0.29, 0.717) is 12.2 Å². The van der Waals surface area contributed by atoms with Gasteiger partial charge in [-0.2, -0.15) is 13.2 Å². The van der Waals surface area contributed by atoms with E-state index in [1.807, 2.05) is 30.3 Å². The smallest absolute Gasteiger partial charge is 0.340 e. The number of benzene rings is 2. The molecule has 178 valence electrons. The third kappa shape index (κ3) is 6.12. The van der Waals surface area contributed by atoms with Crippen molar-refractivity contribution in [3.05, 3.63) is 60.7 Å². The molecule has 8 heteroatoms. The quantitative estimate of drug-likeness (QED) is 0.401. The Labute approximate surface area is 198 Å². The fourth-order valence-electron chi connectivity index (χ4n) is 4.38. The number of alkyl halides is 3. The van der Waals surface area contributed by atoms with Crippen LogP contribution in [0.15, 0.2) is 64.9 Å². The first-order valence-corrected chi connectivity index (χ1v) is 12.3. The Balaban J connectivity index is 1.36. The summed E-state index contributed by atoms with van der Waals surface area (Å²) in [5.41, 5.74) is 1.06. The van der Waals surface area contributed by atoms with E-state index in [1.165, 1.54) is 12.1 Å². The molecule has 0 spiro atoms. The van der Waals surface area contributed by atoms with Crippen LogP contribution in [0.1, 0.15) is 12.0 Å². The molecule has 0 unspecified atom stereocenters. The average Bonchev–Trinajstić information content (AvgIpc) is 2.81. The molecular weight excluding hydrogens is 445 g/mol. The van der Waals surface area contributed by atoms with Gasteiger partial charge in [0.25, 0.3) is 0 Å². The van der Waals surface area contributed by atoms with Crippen molar-refractivity contribution in [3.8, 4) is 0 Å². The van der Waals surface area contributed by atoms with Gasteiger partial charge in [-0.15, -0.1) is 6.58 Å². The molecule has 1 N–H and O–H groups in total. The molecule has 0 amide bonds. The topological polar surface area (TPSA) is 21.8 Å². The molecule has 0 saturated carbocycles. The van der Waals surface area contributed by atoms with Crippen molar-refractivity contribution in [2.24, 2.45) is 0 Å². The molecule has 4 nitrogen and oxygen atoms in total. The summed E-state index contributed by atoms with van der Waals surface area (Å²) in [5.74, 6) is 0. The molecule has 0 aliphatic carbocycles. The third-order valence-corrected chi connectivity index (χ3v) is 7.30. The van der Waals surface area contributed by atoms with Crippen molar-refractivity contribution in [2.45, 2.75) is 22.4 Å². The zero-order chi connectivity index (χ0) is 23.3. The Morgan fingerprint density at radius 1 is 0.909 bits per heavy atom. The van der Waals surface area contributed by atoms with Crippen LogP contribution in [-0.4, -0.2) is 68.7 Å². The second-order valence-electron chi connectivity index (χ2n) is 8.43. The van der Waals surface area contributed by atoms with E-state index in [2.05, 4.69) is 26.6 Å². The van der Waals surface area contributed by atoms with Gasteiger partial charge in [0.2, 0.25) is 0 Å². The van der Waals surface area contributed by atoms with E-state index in [9.17, 15) is 13.2 Å². The van der Waals surface area contributed by atoms with Crippen molar-refractivity contribution in [1.29, 1.82) is 0 Å². The van der Waals surface area contributed by atoms with Crippen LogP contribution in [0.4, 0.5) is 24.5 Å². The molecule has 2 aromatic carbocycles. The van der Waals surface area contributed by atoms with Crippen molar-refractivity contribution >= 4 is 23.1 Å². The maximum Gasteiger partial charge on any atom is 0.416 e. The highest BCUT2D eigenvalue weighted by atomic mass is 32.2. The molecule has 33 heavy (non-hydrogen) atoms. The van der Waals surface area contributed by atoms with Gasteiger partial charge in [-0.25, -0.2) is 0 Å². The van der Waals surface area contributed by atoms with Gasteiger partial charge in [0.1, 0.15) is 0 Å². The average molecular weight is 477 g/mol. The number of rotatable bonds is 9. The number of halogens is 3. The molecule has 2 heterocycles. The van der Waals surface area contributed by atoms with E-state index in [1.54, 1.807) is 17.8 Å². The number of nitrogens with zero attached hydrogens (tertiary/aromatic N) is 3.